The van der Waals surface area contributed by atoms with E-state index in [-0.39, 0.29) is 11.9 Å². The van der Waals surface area contributed by atoms with Crippen LogP contribution in [-0.2, 0) is 0 Å². The lowest BCUT2D eigenvalue weighted by Crippen LogP contribution is -2.32. The van der Waals surface area contributed by atoms with Crippen LogP contribution in [0.4, 0.5) is 0 Å². The van der Waals surface area contributed by atoms with Crippen LogP contribution >= 0.6 is 11.3 Å². The van der Waals surface area contributed by atoms with Crippen LogP contribution in [0, 0.1) is 0 Å². The highest BCUT2D eigenvalue weighted by Gasteiger charge is 2.13. The van der Waals surface area contributed by atoms with Crippen LogP contribution in [0.1, 0.15) is 24.2 Å². The molecule has 2 nitrogen and oxygen atoms in total. The molecule has 0 radical (unpaired) electrons. The van der Waals surface area contributed by atoms with Crippen molar-refractivity contribution in [2.45, 2.75) is 19.9 Å². The third-order valence-electron chi connectivity index (χ3n) is 1.86. The van der Waals surface area contributed by atoms with Crippen molar-refractivity contribution in [1.82, 2.24) is 4.90 Å². The molecule has 0 aliphatic rings. The van der Waals surface area contributed by atoms with Gasteiger partial charge in [-0.3, -0.25) is 4.79 Å². The van der Waals surface area contributed by atoms with E-state index >= 15 is 0 Å². The Labute approximate surface area is 76.8 Å². The van der Waals surface area contributed by atoms with Crippen molar-refractivity contribution in [3.8, 4) is 0 Å². The predicted octanol–water partition coefficient (Wildman–Crippen LogP) is 2.23. The zero-order chi connectivity index (χ0) is 9.14. The molecule has 1 aromatic heterocycles. The fourth-order valence-electron chi connectivity index (χ4n) is 0.824. The summed E-state index contributed by atoms with van der Waals surface area (Å²) in [6.07, 6.45) is 0. The average molecular weight is 183 g/mol. The van der Waals surface area contributed by atoms with Gasteiger partial charge >= 0.3 is 0 Å². The van der Waals surface area contributed by atoms with E-state index in [1.54, 1.807) is 16.2 Å². The molecule has 0 spiro atoms. The number of nitrogens with zero attached hydrogens (tertiary/aromatic N) is 1. The van der Waals surface area contributed by atoms with Crippen LogP contribution < -0.4 is 0 Å². The summed E-state index contributed by atoms with van der Waals surface area (Å²) in [5.41, 5.74) is 0.788. The Morgan fingerprint density at radius 1 is 1.58 bits per heavy atom. The molecule has 0 fully saturated rings. The Morgan fingerprint density at radius 3 is 2.67 bits per heavy atom. The second-order valence-electron chi connectivity index (χ2n) is 3.02. The molecule has 0 atom stereocenters. The van der Waals surface area contributed by atoms with Gasteiger partial charge in [0.25, 0.3) is 5.91 Å². The van der Waals surface area contributed by atoms with E-state index in [1.807, 2.05) is 37.7 Å². The van der Waals surface area contributed by atoms with Crippen LogP contribution in [-0.4, -0.2) is 23.9 Å². The van der Waals surface area contributed by atoms with Gasteiger partial charge in [-0.25, -0.2) is 0 Å². The summed E-state index contributed by atoms with van der Waals surface area (Å²) >= 11 is 1.55. The SMILES string of the molecule is CC(C)N(C)C(=O)c1ccsc1. The van der Waals surface area contributed by atoms with Crippen molar-refractivity contribution in [2.75, 3.05) is 7.05 Å². The number of rotatable bonds is 2. The summed E-state index contributed by atoms with van der Waals surface area (Å²) in [4.78, 5) is 13.3. The van der Waals surface area contributed by atoms with Gasteiger partial charge in [-0.15, -0.1) is 0 Å². The van der Waals surface area contributed by atoms with E-state index in [4.69, 9.17) is 0 Å². The van der Waals surface area contributed by atoms with Gasteiger partial charge < -0.3 is 4.90 Å². The summed E-state index contributed by atoms with van der Waals surface area (Å²) in [5.74, 6) is 0.103. The van der Waals surface area contributed by atoms with E-state index in [0.717, 1.165) is 5.56 Å². The first-order valence-corrected chi connectivity index (χ1v) is 4.86. The number of amides is 1. The van der Waals surface area contributed by atoms with E-state index in [0.29, 0.717) is 0 Å². The molecule has 1 rings (SSSR count). The first-order chi connectivity index (χ1) is 5.63. The van der Waals surface area contributed by atoms with Crippen molar-refractivity contribution in [3.05, 3.63) is 22.4 Å². The summed E-state index contributed by atoms with van der Waals surface area (Å²) in [5, 5.41) is 3.79. The number of hydrogen-bond acceptors (Lipinski definition) is 2. The highest BCUT2D eigenvalue weighted by molar-refractivity contribution is 7.08. The fourth-order valence-corrected chi connectivity index (χ4v) is 1.45. The molecule has 1 aromatic rings. The largest absolute Gasteiger partial charge is 0.339 e. The van der Waals surface area contributed by atoms with Crippen LogP contribution in [0.5, 0.6) is 0 Å². The van der Waals surface area contributed by atoms with Crippen LogP contribution in [0.2, 0.25) is 0 Å². The molecule has 0 saturated carbocycles. The second kappa shape index (κ2) is 3.72. The maximum absolute atomic E-state index is 11.6. The molecule has 0 unspecified atom stereocenters. The molecular formula is C9H13NOS. The van der Waals surface area contributed by atoms with Crippen LogP contribution in [0.25, 0.3) is 0 Å². The second-order valence-corrected chi connectivity index (χ2v) is 3.80. The lowest BCUT2D eigenvalue weighted by atomic mass is 10.2. The minimum Gasteiger partial charge on any atom is -0.339 e. The summed E-state index contributed by atoms with van der Waals surface area (Å²) in [6.45, 7) is 4.01. The van der Waals surface area contributed by atoms with Crippen LogP contribution in [0.15, 0.2) is 16.8 Å². The van der Waals surface area contributed by atoms with Gasteiger partial charge in [0, 0.05) is 18.5 Å². The molecule has 0 aromatic carbocycles. The third kappa shape index (κ3) is 1.85. The topological polar surface area (TPSA) is 20.3 Å². The third-order valence-corrected chi connectivity index (χ3v) is 2.55. The van der Waals surface area contributed by atoms with Gasteiger partial charge in [-0.1, -0.05) is 0 Å². The van der Waals surface area contributed by atoms with E-state index < -0.39 is 0 Å². The van der Waals surface area contributed by atoms with Crippen molar-refractivity contribution in [3.63, 3.8) is 0 Å². The molecular weight excluding hydrogens is 170 g/mol. The van der Waals surface area contributed by atoms with Crippen molar-refractivity contribution in [1.29, 1.82) is 0 Å². The minimum atomic E-state index is 0.103. The van der Waals surface area contributed by atoms with Gasteiger partial charge in [-0.05, 0) is 25.3 Å². The Bertz CT molecular complexity index is 254. The minimum absolute atomic E-state index is 0.103. The summed E-state index contributed by atoms with van der Waals surface area (Å²) in [7, 11) is 1.82. The van der Waals surface area contributed by atoms with E-state index in [9.17, 15) is 4.79 Å². The molecule has 12 heavy (non-hydrogen) atoms. The normalized spacial score (nSPS) is 10.3. The quantitative estimate of drug-likeness (QED) is 0.688. The standard InChI is InChI=1S/C9H13NOS/c1-7(2)10(3)9(11)8-4-5-12-6-8/h4-7H,1-3H3. The average Bonchev–Trinajstić information content (AvgIpc) is 2.53. The molecule has 0 saturated heterocycles. The zero-order valence-electron chi connectivity index (χ0n) is 7.57. The number of carbonyl (C=O) groups is 1. The summed E-state index contributed by atoms with van der Waals surface area (Å²) < 4.78 is 0. The molecule has 1 heterocycles. The Hall–Kier alpha value is -0.830. The van der Waals surface area contributed by atoms with Crippen LogP contribution in [0.3, 0.4) is 0 Å². The smallest absolute Gasteiger partial charge is 0.254 e. The Kier molecular flexibility index (Phi) is 2.87. The van der Waals surface area contributed by atoms with Gasteiger partial charge in [0.2, 0.25) is 0 Å². The molecule has 0 aliphatic carbocycles. The van der Waals surface area contributed by atoms with E-state index in [1.165, 1.54) is 0 Å². The maximum atomic E-state index is 11.6. The lowest BCUT2D eigenvalue weighted by Gasteiger charge is -2.20. The molecule has 0 bridgehead atoms. The number of thiophene rings is 1. The lowest BCUT2D eigenvalue weighted by molar-refractivity contribution is 0.0755. The Balaban J connectivity index is 2.72. The molecule has 0 N–H and O–H groups in total. The summed E-state index contributed by atoms with van der Waals surface area (Å²) in [6, 6.07) is 2.11. The van der Waals surface area contributed by atoms with Gasteiger partial charge in [-0.2, -0.15) is 11.3 Å². The highest BCUT2D eigenvalue weighted by atomic mass is 32.1. The van der Waals surface area contributed by atoms with Crippen molar-refractivity contribution < 1.29 is 4.79 Å². The molecule has 1 amide bonds. The zero-order valence-corrected chi connectivity index (χ0v) is 8.39. The first-order valence-electron chi connectivity index (χ1n) is 3.92. The number of hydrogen-bond donors (Lipinski definition) is 0. The van der Waals surface area contributed by atoms with Gasteiger partial charge in [0.15, 0.2) is 0 Å². The first kappa shape index (κ1) is 9.26. The van der Waals surface area contributed by atoms with Gasteiger partial charge in [0.1, 0.15) is 0 Å². The molecule has 3 heteroatoms. The van der Waals surface area contributed by atoms with Gasteiger partial charge in [0.05, 0.1) is 5.56 Å². The highest BCUT2D eigenvalue weighted by Crippen LogP contribution is 2.09. The van der Waals surface area contributed by atoms with Crippen molar-refractivity contribution >= 4 is 17.2 Å². The van der Waals surface area contributed by atoms with Crippen molar-refractivity contribution in [2.24, 2.45) is 0 Å². The van der Waals surface area contributed by atoms with E-state index in [2.05, 4.69) is 0 Å². The maximum Gasteiger partial charge on any atom is 0.254 e. The monoisotopic (exact) mass is 183 g/mol. The molecule has 66 valence electrons. The number of carbonyl (C=O) groups excluding carboxylic acids is 1. The molecule has 0 aliphatic heterocycles. The predicted molar refractivity (Wildman–Crippen MR) is 51.5 cm³/mol. The fraction of sp³-hybridized carbons (Fsp3) is 0.444. The Morgan fingerprint density at radius 2 is 2.25 bits per heavy atom.